The Morgan fingerprint density at radius 2 is 1.43 bits per heavy atom. The molecule has 0 spiro atoms. The average Bonchev–Trinajstić information content (AvgIpc) is 3.11. The Morgan fingerprint density at radius 3 is 2.18 bits per heavy atom. The first-order valence-electron chi connectivity index (χ1n) is 8.88. The molecule has 3 aromatic carbocycles. The molecule has 0 aliphatic heterocycles. The summed E-state index contributed by atoms with van der Waals surface area (Å²) in [7, 11) is 0. The van der Waals surface area contributed by atoms with Gasteiger partial charge >= 0.3 is 0 Å². The van der Waals surface area contributed by atoms with Gasteiger partial charge in [-0.15, -0.1) is 0 Å². The van der Waals surface area contributed by atoms with Crippen LogP contribution in [-0.2, 0) is 4.79 Å². The van der Waals surface area contributed by atoms with Crippen molar-refractivity contribution in [2.45, 2.75) is 0 Å². The van der Waals surface area contributed by atoms with Crippen molar-refractivity contribution in [2.75, 3.05) is 5.32 Å². The lowest BCUT2D eigenvalue weighted by atomic mass is 10.1. The number of benzene rings is 3. The van der Waals surface area contributed by atoms with Crippen molar-refractivity contribution in [1.29, 1.82) is 0 Å². The molecule has 1 aromatic heterocycles. The van der Waals surface area contributed by atoms with E-state index in [4.69, 9.17) is 4.42 Å². The number of rotatable bonds is 5. The van der Waals surface area contributed by atoms with E-state index < -0.39 is 0 Å². The van der Waals surface area contributed by atoms with Gasteiger partial charge in [-0.3, -0.25) is 9.59 Å². The number of furan rings is 1. The average molecular weight is 367 g/mol. The van der Waals surface area contributed by atoms with Gasteiger partial charge in [-0.2, -0.15) is 0 Å². The summed E-state index contributed by atoms with van der Waals surface area (Å²) in [6, 6.07) is 25.6. The van der Waals surface area contributed by atoms with Crippen molar-refractivity contribution >= 4 is 34.4 Å². The minimum atomic E-state index is -0.336. The zero-order valence-corrected chi connectivity index (χ0v) is 15.0. The Hall–Kier alpha value is -3.92. The minimum Gasteiger partial charge on any atom is -0.450 e. The maximum atomic E-state index is 12.9. The molecule has 28 heavy (non-hydrogen) atoms. The van der Waals surface area contributed by atoms with Crippen LogP contribution in [0.2, 0.25) is 0 Å². The van der Waals surface area contributed by atoms with Crippen LogP contribution in [0, 0.1) is 0 Å². The molecule has 1 N–H and O–H groups in total. The van der Waals surface area contributed by atoms with Gasteiger partial charge in [-0.25, -0.2) is 0 Å². The first-order chi connectivity index (χ1) is 13.7. The van der Waals surface area contributed by atoms with E-state index in [1.54, 1.807) is 36.4 Å². The number of amides is 1. The topological polar surface area (TPSA) is 59.3 Å². The standard InChI is InChI=1S/C24H17NO3/c26-21(16-15-17-9-3-1-4-10-17)25-22-19-13-7-8-14-20(19)28-24(22)23(27)18-11-5-2-6-12-18/h1-16H,(H,25,26). The van der Waals surface area contributed by atoms with Crippen LogP contribution in [0.3, 0.4) is 0 Å². The number of anilines is 1. The maximum absolute atomic E-state index is 12.9. The molecule has 1 heterocycles. The van der Waals surface area contributed by atoms with Gasteiger partial charge < -0.3 is 9.73 Å². The summed E-state index contributed by atoms with van der Waals surface area (Å²) in [5.74, 6) is -0.495. The van der Waals surface area contributed by atoms with Gasteiger partial charge in [0.2, 0.25) is 11.7 Å². The second kappa shape index (κ2) is 7.76. The van der Waals surface area contributed by atoms with Gasteiger partial charge in [0.05, 0.1) is 5.69 Å². The molecule has 0 aliphatic carbocycles. The van der Waals surface area contributed by atoms with Crippen LogP contribution < -0.4 is 5.32 Å². The predicted octanol–water partition coefficient (Wildman–Crippen LogP) is 5.32. The highest BCUT2D eigenvalue weighted by Gasteiger charge is 2.22. The van der Waals surface area contributed by atoms with Crippen LogP contribution in [0.4, 0.5) is 5.69 Å². The second-order valence-electron chi connectivity index (χ2n) is 6.23. The number of hydrogen-bond acceptors (Lipinski definition) is 3. The van der Waals surface area contributed by atoms with Crippen LogP contribution in [0.15, 0.2) is 95.4 Å². The molecule has 4 aromatic rings. The Morgan fingerprint density at radius 1 is 0.786 bits per heavy atom. The Kier molecular flexibility index (Phi) is 4.85. The van der Waals surface area contributed by atoms with Crippen LogP contribution in [0.1, 0.15) is 21.7 Å². The van der Waals surface area contributed by atoms with Crippen molar-refractivity contribution in [2.24, 2.45) is 0 Å². The quantitative estimate of drug-likeness (QED) is 0.384. The summed E-state index contributed by atoms with van der Waals surface area (Å²) in [4.78, 5) is 25.4. The van der Waals surface area contributed by atoms with Crippen LogP contribution in [0.5, 0.6) is 0 Å². The van der Waals surface area contributed by atoms with E-state index in [0.29, 0.717) is 22.2 Å². The zero-order valence-electron chi connectivity index (χ0n) is 15.0. The molecule has 4 heteroatoms. The van der Waals surface area contributed by atoms with Gasteiger partial charge in [-0.1, -0.05) is 72.8 Å². The summed E-state index contributed by atoms with van der Waals surface area (Å²) in [5.41, 5.74) is 2.34. The number of nitrogens with one attached hydrogen (secondary N) is 1. The third kappa shape index (κ3) is 3.62. The van der Waals surface area contributed by atoms with E-state index in [2.05, 4.69) is 5.32 Å². The molecule has 0 atom stereocenters. The first-order valence-corrected chi connectivity index (χ1v) is 8.88. The predicted molar refractivity (Wildman–Crippen MR) is 110 cm³/mol. The molecule has 0 unspecified atom stereocenters. The van der Waals surface area contributed by atoms with Gasteiger partial charge in [0.25, 0.3) is 0 Å². The molecule has 1 amide bonds. The largest absolute Gasteiger partial charge is 0.450 e. The lowest BCUT2D eigenvalue weighted by molar-refractivity contribution is -0.111. The smallest absolute Gasteiger partial charge is 0.248 e. The molecule has 0 fully saturated rings. The molecule has 0 radical (unpaired) electrons. The van der Waals surface area contributed by atoms with Crippen molar-refractivity contribution in [1.82, 2.24) is 0 Å². The second-order valence-corrected chi connectivity index (χ2v) is 6.23. The summed E-state index contributed by atoms with van der Waals surface area (Å²) < 4.78 is 5.79. The van der Waals surface area contributed by atoms with E-state index in [9.17, 15) is 9.59 Å². The highest BCUT2D eigenvalue weighted by molar-refractivity contribution is 6.18. The van der Waals surface area contributed by atoms with Gasteiger partial charge in [0, 0.05) is 17.0 Å². The highest BCUT2D eigenvalue weighted by atomic mass is 16.3. The number of para-hydroxylation sites is 1. The number of carbonyl (C=O) groups excluding carboxylic acids is 2. The van der Waals surface area contributed by atoms with E-state index >= 15 is 0 Å². The lowest BCUT2D eigenvalue weighted by Crippen LogP contribution is -2.11. The van der Waals surface area contributed by atoms with Gasteiger partial charge in [-0.05, 0) is 23.8 Å². The van der Waals surface area contributed by atoms with E-state index in [-0.39, 0.29) is 17.5 Å². The highest BCUT2D eigenvalue weighted by Crippen LogP contribution is 2.32. The molecular weight excluding hydrogens is 350 g/mol. The van der Waals surface area contributed by atoms with Crippen molar-refractivity contribution < 1.29 is 14.0 Å². The summed E-state index contributed by atoms with van der Waals surface area (Å²) >= 11 is 0. The van der Waals surface area contributed by atoms with Crippen molar-refractivity contribution in [3.05, 3.63) is 108 Å². The molecule has 136 valence electrons. The van der Waals surface area contributed by atoms with E-state index in [1.165, 1.54) is 6.08 Å². The molecule has 0 aliphatic rings. The van der Waals surface area contributed by atoms with Gasteiger partial charge in [0.1, 0.15) is 5.58 Å². The van der Waals surface area contributed by atoms with Crippen LogP contribution >= 0.6 is 0 Å². The number of ketones is 1. The molecule has 0 saturated heterocycles. The summed E-state index contributed by atoms with van der Waals surface area (Å²) in [5, 5.41) is 3.50. The fourth-order valence-corrected chi connectivity index (χ4v) is 2.95. The van der Waals surface area contributed by atoms with E-state index in [0.717, 1.165) is 5.56 Å². The Balaban J connectivity index is 1.68. The number of fused-ring (bicyclic) bond motifs is 1. The van der Waals surface area contributed by atoms with Gasteiger partial charge in [0.15, 0.2) is 5.76 Å². The van der Waals surface area contributed by atoms with Crippen molar-refractivity contribution in [3.63, 3.8) is 0 Å². The number of carbonyl (C=O) groups is 2. The van der Waals surface area contributed by atoms with Crippen LogP contribution in [0.25, 0.3) is 17.0 Å². The third-order valence-electron chi connectivity index (χ3n) is 4.31. The third-order valence-corrected chi connectivity index (χ3v) is 4.31. The molecular formula is C24H17NO3. The first kappa shape index (κ1) is 17.5. The molecule has 0 bridgehead atoms. The number of hydrogen-bond donors (Lipinski definition) is 1. The van der Waals surface area contributed by atoms with Crippen LogP contribution in [-0.4, -0.2) is 11.7 Å². The minimum absolute atomic E-state index is 0.119. The summed E-state index contributed by atoms with van der Waals surface area (Å²) in [6.07, 6.45) is 3.16. The monoisotopic (exact) mass is 367 g/mol. The molecule has 0 saturated carbocycles. The normalized spacial score (nSPS) is 11.0. The Bertz CT molecular complexity index is 1160. The fourth-order valence-electron chi connectivity index (χ4n) is 2.95. The van der Waals surface area contributed by atoms with E-state index in [1.807, 2.05) is 54.6 Å². The lowest BCUT2D eigenvalue weighted by Gasteiger charge is -2.04. The zero-order chi connectivity index (χ0) is 19.3. The molecule has 4 nitrogen and oxygen atoms in total. The molecule has 4 rings (SSSR count). The maximum Gasteiger partial charge on any atom is 0.248 e. The Labute approximate surface area is 162 Å². The SMILES string of the molecule is O=C(C=Cc1ccccc1)Nc1c(C(=O)c2ccccc2)oc2ccccc12. The fraction of sp³-hybridized carbons (Fsp3) is 0. The van der Waals surface area contributed by atoms with Crippen molar-refractivity contribution in [3.8, 4) is 0 Å². The summed E-state index contributed by atoms with van der Waals surface area (Å²) in [6.45, 7) is 0.